The van der Waals surface area contributed by atoms with Crippen LogP contribution in [0.5, 0.6) is 0 Å². The molecule has 0 radical (unpaired) electrons. The van der Waals surface area contributed by atoms with E-state index in [0.717, 1.165) is 13.1 Å². The molecule has 2 N–H and O–H groups in total. The van der Waals surface area contributed by atoms with Crippen LogP contribution in [-0.2, 0) is 9.53 Å². The van der Waals surface area contributed by atoms with Crippen LogP contribution in [0.4, 0.5) is 0 Å². The normalized spacial score (nSPS) is 18.7. The third-order valence-corrected chi connectivity index (χ3v) is 2.10. The molecule has 1 fully saturated rings. The van der Waals surface area contributed by atoms with Gasteiger partial charge in [-0.05, 0) is 46.7 Å². The van der Waals surface area contributed by atoms with Crippen LogP contribution >= 0.6 is 0 Å². The zero-order valence-electron chi connectivity index (χ0n) is 10.2. The fraction of sp³-hybridized carbons (Fsp3) is 0.750. The van der Waals surface area contributed by atoms with E-state index in [-0.39, 0.29) is 5.60 Å². The van der Waals surface area contributed by atoms with Crippen LogP contribution in [-0.4, -0.2) is 35.9 Å². The summed E-state index contributed by atoms with van der Waals surface area (Å²) in [4.78, 5) is 9.60. The number of nitrogens with one attached hydrogen (secondary N) is 1. The van der Waals surface area contributed by atoms with E-state index in [1.54, 1.807) is 0 Å². The fourth-order valence-corrected chi connectivity index (χ4v) is 1.13. The number of hydrogen-bond acceptors (Lipinski definition) is 4. The largest absolute Gasteiger partial charge is 0.462 e. The molecule has 0 bridgehead atoms. The van der Waals surface area contributed by atoms with Gasteiger partial charge in [0.25, 0.3) is 6.47 Å². The quantitative estimate of drug-likeness (QED) is 0.511. The molecule has 0 aliphatic carbocycles. The summed E-state index contributed by atoms with van der Waals surface area (Å²) in [6.45, 7) is 7.59. The molecule has 0 saturated carbocycles. The van der Waals surface area contributed by atoms with E-state index < -0.39 is 5.60 Å². The minimum atomic E-state index is -0.814. The Labute approximate surface area is 97.4 Å². The van der Waals surface area contributed by atoms with Gasteiger partial charge in [-0.1, -0.05) is 5.92 Å². The van der Waals surface area contributed by atoms with Gasteiger partial charge < -0.3 is 15.2 Å². The second-order valence-corrected chi connectivity index (χ2v) is 4.75. The first-order chi connectivity index (χ1) is 7.33. The van der Waals surface area contributed by atoms with Crippen LogP contribution in [0.2, 0.25) is 0 Å². The van der Waals surface area contributed by atoms with Crippen LogP contribution < -0.4 is 5.32 Å². The smallest absolute Gasteiger partial charge is 0.293 e. The highest BCUT2D eigenvalue weighted by molar-refractivity contribution is 5.37. The predicted octanol–water partition coefficient (Wildman–Crippen LogP) is 0.692. The summed E-state index contributed by atoms with van der Waals surface area (Å²) in [7, 11) is 0. The van der Waals surface area contributed by atoms with Crippen LogP contribution in [0, 0.1) is 12.3 Å². The Bertz CT molecular complexity index is 244. The highest BCUT2D eigenvalue weighted by atomic mass is 16.5. The first-order valence-corrected chi connectivity index (χ1v) is 5.35. The Kier molecular flexibility index (Phi) is 6.09. The van der Waals surface area contributed by atoms with Gasteiger partial charge in [-0.2, -0.15) is 0 Å². The van der Waals surface area contributed by atoms with Crippen molar-refractivity contribution in [1.82, 2.24) is 5.32 Å². The third kappa shape index (κ3) is 7.27. The standard InChI is InChI=1S/C7H11NO.C5H10O2/c1-2-7(9)3-5-8-6-4-7;1-5(2,3)7-4-6/h1,8-9H,3-6H2;4H,1-3H3. The Morgan fingerprint density at radius 2 is 1.94 bits per heavy atom. The lowest BCUT2D eigenvalue weighted by Crippen LogP contribution is -2.40. The molecule has 1 aliphatic heterocycles. The summed E-state index contributed by atoms with van der Waals surface area (Å²) in [6.07, 6.45) is 6.48. The van der Waals surface area contributed by atoms with Gasteiger partial charge >= 0.3 is 0 Å². The summed E-state index contributed by atoms with van der Waals surface area (Å²) in [5, 5.41) is 12.5. The van der Waals surface area contributed by atoms with E-state index in [4.69, 9.17) is 6.42 Å². The van der Waals surface area contributed by atoms with E-state index in [9.17, 15) is 9.90 Å². The van der Waals surface area contributed by atoms with Crippen molar-refractivity contribution in [2.24, 2.45) is 0 Å². The molecule has 16 heavy (non-hydrogen) atoms. The highest BCUT2D eigenvalue weighted by Crippen LogP contribution is 2.15. The summed E-state index contributed by atoms with van der Waals surface area (Å²) in [5.74, 6) is 2.40. The lowest BCUT2D eigenvalue weighted by Gasteiger charge is -2.26. The SMILES string of the molecule is C#CC1(O)CCNCC1.CC(C)(C)OC=O. The summed E-state index contributed by atoms with van der Waals surface area (Å²) < 4.78 is 4.55. The van der Waals surface area contributed by atoms with E-state index in [0.29, 0.717) is 19.3 Å². The van der Waals surface area contributed by atoms with Crippen molar-refractivity contribution < 1.29 is 14.6 Å². The molecule has 92 valence electrons. The Morgan fingerprint density at radius 1 is 1.44 bits per heavy atom. The number of rotatable bonds is 1. The van der Waals surface area contributed by atoms with E-state index in [2.05, 4.69) is 16.0 Å². The minimum Gasteiger partial charge on any atom is -0.462 e. The molecule has 1 rings (SSSR count). The van der Waals surface area contributed by atoms with Crippen molar-refractivity contribution in [2.45, 2.75) is 44.8 Å². The average molecular weight is 227 g/mol. The molecule has 4 nitrogen and oxygen atoms in total. The van der Waals surface area contributed by atoms with Crippen LogP contribution in [0.3, 0.4) is 0 Å². The fourth-order valence-electron chi connectivity index (χ4n) is 1.13. The van der Waals surface area contributed by atoms with E-state index >= 15 is 0 Å². The maximum Gasteiger partial charge on any atom is 0.293 e. The summed E-state index contributed by atoms with van der Waals surface area (Å²) >= 11 is 0. The molecule has 1 heterocycles. The molecule has 0 aromatic rings. The van der Waals surface area contributed by atoms with Crippen molar-refractivity contribution in [3.8, 4) is 12.3 Å². The first kappa shape index (κ1) is 14.9. The van der Waals surface area contributed by atoms with Gasteiger partial charge in [-0.25, -0.2) is 0 Å². The molecule has 0 aromatic heterocycles. The molecule has 0 spiro atoms. The van der Waals surface area contributed by atoms with Crippen molar-refractivity contribution in [3.05, 3.63) is 0 Å². The van der Waals surface area contributed by atoms with Crippen LogP contribution in [0.25, 0.3) is 0 Å². The maximum absolute atomic E-state index is 9.60. The van der Waals surface area contributed by atoms with Crippen molar-refractivity contribution >= 4 is 6.47 Å². The lowest BCUT2D eigenvalue weighted by molar-refractivity contribution is -0.138. The number of terminal acetylenes is 1. The number of hydrogen-bond donors (Lipinski definition) is 2. The van der Waals surface area contributed by atoms with Gasteiger partial charge in [-0.3, -0.25) is 4.79 Å². The van der Waals surface area contributed by atoms with Gasteiger partial charge in [0.2, 0.25) is 0 Å². The second-order valence-electron chi connectivity index (χ2n) is 4.75. The highest BCUT2D eigenvalue weighted by Gasteiger charge is 2.25. The number of ether oxygens (including phenoxy) is 1. The number of carbonyl (C=O) groups is 1. The third-order valence-electron chi connectivity index (χ3n) is 2.10. The summed E-state index contributed by atoms with van der Waals surface area (Å²) in [6, 6.07) is 0. The topological polar surface area (TPSA) is 58.6 Å². The van der Waals surface area contributed by atoms with Gasteiger partial charge in [0.1, 0.15) is 11.2 Å². The van der Waals surface area contributed by atoms with Gasteiger partial charge in [0.05, 0.1) is 0 Å². The van der Waals surface area contributed by atoms with E-state index in [1.807, 2.05) is 20.8 Å². The molecular weight excluding hydrogens is 206 g/mol. The average Bonchev–Trinajstić information content (AvgIpc) is 2.18. The molecule has 0 amide bonds. The molecule has 0 unspecified atom stereocenters. The monoisotopic (exact) mass is 227 g/mol. The molecule has 1 aliphatic rings. The van der Waals surface area contributed by atoms with Crippen LogP contribution in [0.15, 0.2) is 0 Å². The number of piperidine rings is 1. The van der Waals surface area contributed by atoms with Crippen LogP contribution in [0.1, 0.15) is 33.6 Å². The molecule has 0 atom stereocenters. The van der Waals surface area contributed by atoms with Gasteiger partial charge in [0, 0.05) is 0 Å². The molecule has 4 heteroatoms. The van der Waals surface area contributed by atoms with Crippen molar-refractivity contribution in [3.63, 3.8) is 0 Å². The molecule has 0 aromatic carbocycles. The lowest BCUT2D eigenvalue weighted by atomic mass is 9.94. The molecular formula is C12H21NO3. The molecule has 1 saturated heterocycles. The zero-order chi connectivity index (χ0) is 12.7. The Hall–Kier alpha value is -1.05. The first-order valence-electron chi connectivity index (χ1n) is 5.35. The van der Waals surface area contributed by atoms with Gasteiger partial charge in [0.15, 0.2) is 0 Å². The number of carbonyl (C=O) groups excluding carboxylic acids is 1. The zero-order valence-corrected chi connectivity index (χ0v) is 10.2. The number of aliphatic hydroxyl groups is 1. The Balaban J connectivity index is 0.000000293. The maximum atomic E-state index is 9.60. The van der Waals surface area contributed by atoms with E-state index in [1.165, 1.54) is 0 Å². The van der Waals surface area contributed by atoms with Crippen molar-refractivity contribution in [1.29, 1.82) is 0 Å². The minimum absolute atomic E-state index is 0.318. The van der Waals surface area contributed by atoms with Gasteiger partial charge in [-0.15, -0.1) is 6.42 Å². The predicted molar refractivity (Wildman–Crippen MR) is 62.8 cm³/mol. The Morgan fingerprint density at radius 3 is 2.12 bits per heavy atom. The summed E-state index contributed by atoms with van der Waals surface area (Å²) in [5.41, 5.74) is -1.13. The van der Waals surface area contributed by atoms with Crippen molar-refractivity contribution in [2.75, 3.05) is 13.1 Å². The second kappa shape index (κ2) is 6.51.